The molecule has 1 saturated heterocycles. The van der Waals surface area contributed by atoms with Crippen LogP contribution in [-0.4, -0.2) is 54.8 Å². The molecule has 1 atom stereocenters. The minimum absolute atomic E-state index is 0.0682. The fraction of sp³-hybridized carbons (Fsp3) is 0.526. The van der Waals surface area contributed by atoms with Gasteiger partial charge >= 0.3 is 0 Å². The molecular weight excluding hydrogens is 318 g/mol. The van der Waals surface area contributed by atoms with Crippen molar-refractivity contribution in [2.45, 2.75) is 32.2 Å². The van der Waals surface area contributed by atoms with Crippen LogP contribution in [0.2, 0.25) is 0 Å². The lowest BCUT2D eigenvalue weighted by molar-refractivity contribution is -0.125. The van der Waals surface area contributed by atoms with E-state index in [4.69, 9.17) is 0 Å². The molecule has 2 aliphatic rings. The number of thioether (sulfide) groups is 1. The Morgan fingerprint density at radius 1 is 1.29 bits per heavy atom. The van der Waals surface area contributed by atoms with E-state index in [1.807, 2.05) is 18.8 Å². The molecule has 0 spiro atoms. The number of nitrogens with one attached hydrogen (secondary N) is 1. The largest absolute Gasteiger partial charge is 0.368 e. The Morgan fingerprint density at radius 2 is 2.04 bits per heavy atom. The molecule has 1 aromatic rings. The van der Waals surface area contributed by atoms with Gasteiger partial charge in [0.25, 0.3) is 0 Å². The third-order valence-electron chi connectivity index (χ3n) is 5.06. The van der Waals surface area contributed by atoms with Crippen LogP contribution in [0.5, 0.6) is 0 Å². The van der Waals surface area contributed by atoms with Crippen LogP contribution in [0, 0.1) is 0 Å². The summed E-state index contributed by atoms with van der Waals surface area (Å²) >= 11 is 1.90. The van der Waals surface area contributed by atoms with E-state index < -0.39 is 0 Å². The van der Waals surface area contributed by atoms with Crippen molar-refractivity contribution in [3.8, 4) is 0 Å². The van der Waals surface area contributed by atoms with Gasteiger partial charge in [-0.3, -0.25) is 9.69 Å². The summed E-state index contributed by atoms with van der Waals surface area (Å²) in [6.07, 6.45) is 2.99. The van der Waals surface area contributed by atoms with Crippen molar-refractivity contribution in [1.29, 1.82) is 0 Å². The molecule has 0 radical (unpaired) electrons. The van der Waals surface area contributed by atoms with Gasteiger partial charge in [0.1, 0.15) is 0 Å². The number of amides is 1. The SMILES string of the molecule is CC1=C(c2ccc(CCNC(=O)C3CCCN3C)cc2)SCN1C. The van der Waals surface area contributed by atoms with Gasteiger partial charge in [-0.2, -0.15) is 0 Å². The quantitative estimate of drug-likeness (QED) is 0.890. The average Bonchev–Trinajstić information content (AvgIpc) is 3.15. The highest BCUT2D eigenvalue weighted by Crippen LogP contribution is 2.38. The van der Waals surface area contributed by atoms with Gasteiger partial charge in [0.15, 0.2) is 0 Å². The van der Waals surface area contributed by atoms with Gasteiger partial charge in [-0.05, 0) is 50.9 Å². The Labute approximate surface area is 149 Å². The minimum Gasteiger partial charge on any atom is -0.368 e. The number of hydrogen-bond acceptors (Lipinski definition) is 4. The normalized spacial score (nSPS) is 21.6. The zero-order valence-electron chi connectivity index (χ0n) is 14.8. The number of hydrogen-bond donors (Lipinski definition) is 1. The third-order valence-corrected chi connectivity index (χ3v) is 6.39. The van der Waals surface area contributed by atoms with Gasteiger partial charge in [-0.15, -0.1) is 11.8 Å². The first-order valence-electron chi connectivity index (χ1n) is 8.68. The van der Waals surface area contributed by atoms with E-state index in [9.17, 15) is 4.79 Å². The third kappa shape index (κ3) is 3.78. The molecule has 2 heterocycles. The van der Waals surface area contributed by atoms with Crippen LogP contribution in [0.15, 0.2) is 30.0 Å². The molecule has 1 fully saturated rings. The topological polar surface area (TPSA) is 35.6 Å². The Hall–Kier alpha value is -1.46. The van der Waals surface area contributed by atoms with Crippen molar-refractivity contribution in [3.05, 3.63) is 41.1 Å². The highest BCUT2D eigenvalue weighted by atomic mass is 32.2. The number of nitrogens with zero attached hydrogens (tertiary/aromatic N) is 2. The van der Waals surface area contributed by atoms with E-state index >= 15 is 0 Å². The van der Waals surface area contributed by atoms with Crippen molar-refractivity contribution < 1.29 is 4.79 Å². The van der Waals surface area contributed by atoms with Crippen LogP contribution in [-0.2, 0) is 11.2 Å². The zero-order chi connectivity index (χ0) is 17.1. The smallest absolute Gasteiger partial charge is 0.237 e. The first-order chi connectivity index (χ1) is 11.6. The summed E-state index contributed by atoms with van der Waals surface area (Å²) < 4.78 is 0. The fourth-order valence-electron chi connectivity index (χ4n) is 3.34. The summed E-state index contributed by atoms with van der Waals surface area (Å²) in [4.78, 5) is 18.0. The number of allylic oxidation sites excluding steroid dienone is 1. The first kappa shape index (κ1) is 17.4. The molecule has 0 aliphatic carbocycles. The van der Waals surface area contributed by atoms with Gasteiger partial charge in [0, 0.05) is 24.2 Å². The molecule has 4 nitrogen and oxygen atoms in total. The number of rotatable bonds is 5. The van der Waals surface area contributed by atoms with Crippen LogP contribution in [0.25, 0.3) is 4.91 Å². The Kier molecular flexibility index (Phi) is 5.51. The lowest BCUT2D eigenvalue weighted by Crippen LogP contribution is -2.42. The van der Waals surface area contributed by atoms with E-state index in [0.717, 1.165) is 31.7 Å². The van der Waals surface area contributed by atoms with Crippen molar-refractivity contribution in [1.82, 2.24) is 15.1 Å². The van der Waals surface area contributed by atoms with Crippen molar-refractivity contribution in [3.63, 3.8) is 0 Å². The molecule has 24 heavy (non-hydrogen) atoms. The fourth-order valence-corrected chi connectivity index (χ4v) is 4.52. The second-order valence-electron chi connectivity index (χ2n) is 6.76. The van der Waals surface area contributed by atoms with Crippen LogP contribution >= 0.6 is 11.8 Å². The molecule has 3 rings (SSSR count). The van der Waals surface area contributed by atoms with Gasteiger partial charge in [-0.1, -0.05) is 24.3 Å². The first-order valence-corrected chi connectivity index (χ1v) is 9.67. The maximum Gasteiger partial charge on any atom is 0.237 e. The second kappa shape index (κ2) is 7.62. The Balaban J connectivity index is 1.51. The molecule has 5 heteroatoms. The van der Waals surface area contributed by atoms with Crippen LogP contribution in [0.1, 0.15) is 30.9 Å². The molecule has 1 aromatic carbocycles. The second-order valence-corrected chi connectivity index (χ2v) is 7.72. The molecule has 0 aromatic heterocycles. The summed E-state index contributed by atoms with van der Waals surface area (Å²) in [6, 6.07) is 8.84. The van der Waals surface area contributed by atoms with E-state index in [0.29, 0.717) is 6.54 Å². The summed E-state index contributed by atoms with van der Waals surface area (Å²) in [6.45, 7) is 3.92. The van der Waals surface area contributed by atoms with E-state index in [-0.39, 0.29) is 11.9 Å². The maximum atomic E-state index is 12.2. The van der Waals surface area contributed by atoms with Crippen molar-refractivity contribution >= 4 is 22.6 Å². The molecule has 2 aliphatic heterocycles. The monoisotopic (exact) mass is 345 g/mol. The Bertz CT molecular complexity index is 626. The molecule has 1 N–H and O–H groups in total. The number of likely N-dealkylation sites (tertiary alicyclic amines) is 1. The van der Waals surface area contributed by atoms with Gasteiger partial charge in [-0.25, -0.2) is 0 Å². The Morgan fingerprint density at radius 3 is 2.62 bits per heavy atom. The maximum absolute atomic E-state index is 12.2. The van der Waals surface area contributed by atoms with Crippen LogP contribution in [0.3, 0.4) is 0 Å². The zero-order valence-corrected chi connectivity index (χ0v) is 15.7. The summed E-state index contributed by atoms with van der Waals surface area (Å²) in [5, 5.41) is 3.09. The summed E-state index contributed by atoms with van der Waals surface area (Å²) in [5.74, 6) is 1.21. The van der Waals surface area contributed by atoms with Gasteiger partial charge in [0.05, 0.1) is 11.9 Å². The molecule has 1 amide bonds. The number of carbonyl (C=O) groups is 1. The average molecular weight is 346 g/mol. The van der Waals surface area contributed by atoms with Gasteiger partial charge < -0.3 is 10.2 Å². The van der Waals surface area contributed by atoms with E-state index in [1.165, 1.54) is 21.7 Å². The minimum atomic E-state index is 0.0682. The van der Waals surface area contributed by atoms with E-state index in [1.54, 1.807) is 0 Å². The molecule has 1 unspecified atom stereocenters. The number of likely N-dealkylation sites (N-methyl/N-ethyl adjacent to an activating group) is 1. The summed E-state index contributed by atoms with van der Waals surface area (Å²) in [5.41, 5.74) is 3.91. The number of carbonyl (C=O) groups excluding carboxylic acids is 1. The van der Waals surface area contributed by atoms with E-state index in [2.05, 4.69) is 53.4 Å². The molecule has 130 valence electrons. The highest BCUT2D eigenvalue weighted by Gasteiger charge is 2.27. The lowest BCUT2D eigenvalue weighted by atomic mass is 10.1. The molecule has 0 saturated carbocycles. The van der Waals surface area contributed by atoms with Gasteiger partial charge in [0.2, 0.25) is 5.91 Å². The van der Waals surface area contributed by atoms with Crippen molar-refractivity contribution in [2.24, 2.45) is 0 Å². The number of benzene rings is 1. The molecular formula is C19H27N3OS. The predicted octanol–water partition coefficient (Wildman–Crippen LogP) is 2.76. The summed E-state index contributed by atoms with van der Waals surface area (Å²) in [7, 11) is 4.17. The highest BCUT2D eigenvalue weighted by molar-refractivity contribution is 8.08. The lowest BCUT2D eigenvalue weighted by Gasteiger charge is -2.18. The molecule has 0 bridgehead atoms. The standard InChI is InChI=1S/C19H27N3OS/c1-14-18(24-13-22(14)3)16-8-6-15(7-9-16)10-11-20-19(23)17-5-4-12-21(17)2/h6-9,17H,4-5,10-13H2,1-3H3,(H,20,23). The van der Waals surface area contributed by atoms with Crippen LogP contribution in [0.4, 0.5) is 0 Å². The van der Waals surface area contributed by atoms with Crippen LogP contribution < -0.4 is 5.32 Å². The predicted molar refractivity (Wildman–Crippen MR) is 102 cm³/mol. The van der Waals surface area contributed by atoms with Crippen molar-refractivity contribution in [2.75, 3.05) is 33.1 Å².